The van der Waals surface area contributed by atoms with E-state index >= 15 is 0 Å². The lowest BCUT2D eigenvalue weighted by Crippen LogP contribution is -2.38. The van der Waals surface area contributed by atoms with Crippen molar-refractivity contribution in [2.24, 2.45) is 0 Å². The summed E-state index contributed by atoms with van der Waals surface area (Å²) in [5.74, 6) is 2.12. The predicted molar refractivity (Wildman–Crippen MR) is 74.8 cm³/mol. The number of rotatable bonds is 7. The third-order valence-electron chi connectivity index (χ3n) is 3.06. The van der Waals surface area contributed by atoms with Gasteiger partial charge in [-0.2, -0.15) is 0 Å². The van der Waals surface area contributed by atoms with Crippen LogP contribution in [0.2, 0.25) is 0 Å². The van der Waals surface area contributed by atoms with Crippen molar-refractivity contribution in [2.45, 2.75) is 39.7 Å². The summed E-state index contributed by atoms with van der Waals surface area (Å²) >= 11 is 0. The molecule has 1 rings (SSSR count). The lowest BCUT2D eigenvalue weighted by atomic mass is 10.1. The van der Waals surface area contributed by atoms with Crippen LogP contribution in [-0.4, -0.2) is 36.3 Å². The topological polar surface area (TPSA) is 64.3 Å². The van der Waals surface area contributed by atoms with Crippen molar-refractivity contribution in [2.75, 3.05) is 30.9 Å². The van der Waals surface area contributed by atoms with Gasteiger partial charge in [-0.3, -0.25) is 0 Å². The summed E-state index contributed by atoms with van der Waals surface area (Å²) in [5.41, 5.74) is 5.80. The SMILES string of the molecule is CCC(CC)N(CCOC)c1cc(N)nc(C)n1. The van der Waals surface area contributed by atoms with Crippen molar-refractivity contribution in [3.05, 3.63) is 11.9 Å². The molecule has 1 aromatic rings. The van der Waals surface area contributed by atoms with Crippen molar-refractivity contribution in [3.63, 3.8) is 0 Å². The zero-order valence-electron chi connectivity index (χ0n) is 11.8. The van der Waals surface area contributed by atoms with Gasteiger partial charge in [-0.15, -0.1) is 0 Å². The summed E-state index contributed by atoms with van der Waals surface area (Å²) in [5, 5.41) is 0. The molecular formula is C13H24N4O. The van der Waals surface area contributed by atoms with Gasteiger partial charge in [-0.1, -0.05) is 13.8 Å². The highest BCUT2D eigenvalue weighted by atomic mass is 16.5. The Hall–Kier alpha value is -1.36. The van der Waals surface area contributed by atoms with Crippen molar-refractivity contribution in [3.8, 4) is 0 Å². The van der Waals surface area contributed by atoms with Crippen molar-refractivity contribution >= 4 is 11.6 Å². The average molecular weight is 252 g/mol. The summed E-state index contributed by atoms with van der Waals surface area (Å²) in [6.07, 6.45) is 2.15. The van der Waals surface area contributed by atoms with Gasteiger partial charge >= 0.3 is 0 Å². The Balaban J connectivity index is 2.99. The average Bonchev–Trinajstić information content (AvgIpc) is 2.33. The van der Waals surface area contributed by atoms with Gasteiger partial charge < -0.3 is 15.4 Å². The summed E-state index contributed by atoms with van der Waals surface area (Å²) in [7, 11) is 1.71. The fraction of sp³-hybridized carbons (Fsp3) is 0.692. The summed E-state index contributed by atoms with van der Waals surface area (Å²) < 4.78 is 5.18. The lowest BCUT2D eigenvalue weighted by molar-refractivity contribution is 0.202. The minimum absolute atomic E-state index is 0.453. The van der Waals surface area contributed by atoms with E-state index in [1.54, 1.807) is 7.11 Å². The van der Waals surface area contributed by atoms with Gasteiger partial charge in [0, 0.05) is 25.8 Å². The summed E-state index contributed by atoms with van der Waals surface area (Å²) in [6.45, 7) is 7.73. The smallest absolute Gasteiger partial charge is 0.134 e. The molecule has 0 saturated heterocycles. The monoisotopic (exact) mass is 252 g/mol. The van der Waals surface area contributed by atoms with Crippen molar-refractivity contribution < 1.29 is 4.74 Å². The zero-order chi connectivity index (χ0) is 13.5. The summed E-state index contributed by atoms with van der Waals surface area (Å²) in [6, 6.07) is 2.29. The second kappa shape index (κ2) is 7.16. The van der Waals surface area contributed by atoms with E-state index < -0.39 is 0 Å². The molecule has 0 radical (unpaired) electrons. The molecule has 2 N–H and O–H groups in total. The third kappa shape index (κ3) is 3.84. The summed E-state index contributed by atoms with van der Waals surface area (Å²) in [4.78, 5) is 10.9. The molecule has 0 unspecified atom stereocenters. The number of aromatic nitrogens is 2. The second-order valence-corrected chi connectivity index (χ2v) is 4.35. The molecule has 102 valence electrons. The van der Waals surface area contributed by atoms with E-state index in [-0.39, 0.29) is 0 Å². The number of nitrogens with zero attached hydrogens (tertiary/aromatic N) is 3. The standard InChI is InChI=1S/C13H24N4O/c1-5-11(6-2)17(7-8-18-4)13-9-12(14)15-10(3)16-13/h9,11H,5-8H2,1-4H3,(H2,14,15,16). The molecule has 0 aliphatic rings. The van der Waals surface area contributed by atoms with Gasteiger partial charge in [0.05, 0.1) is 6.61 Å². The van der Waals surface area contributed by atoms with Crippen molar-refractivity contribution in [1.29, 1.82) is 0 Å². The number of anilines is 2. The number of nitrogen functional groups attached to an aromatic ring is 1. The molecule has 1 heterocycles. The molecule has 0 aromatic carbocycles. The molecule has 0 bridgehead atoms. The quantitative estimate of drug-likeness (QED) is 0.804. The molecule has 0 saturated carbocycles. The third-order valence-corrected chi connectivity index (χ3v) is 3.06. The van der Waals surface area contributed by atoms with Gasteiger partial charge in [0.15, 0.2) is 0 Å². The number of methoxy groups -OCH3 is 1. The van der Waals surface area contributed by atoms with E-state index in [2.05, 4.69) is 28.7 Å². The molecule has 0 spiro atoms. The second-order valence-electron chi connectivity index (χ2n) is 4.35. The van der Waals surface area contributed by atoms with Crippen LogP contribution in [0.4, 0.5) is 11.6 Å². The number of ether oxygens (including phenoxy) is 1. The van der Waals surface area contributed by atoms with E-state index in [0.29, 0.717) is 24.3 Å². The Labute approximate surface area is 109 Å². The number of nitrogens with two attached hydrogens (primary N) is 1. The van der Waals surface area contributed by atoms with Crippen LogP contribution < -0.4 is 10.6 Å². The van der Waals surface area contributed by atoms with Gasteiger partial charge in [0.25, 0.3) is 0 Å². The molecular weight excluding hydrogens is 228 g/mol. The molecule has 0 aliphatic carbocycles. The highest BCUT2D eigenvalue weighted by Gasteiger charge is 2.17. The van der Waals surface area contributed by atoms with Crippen LogP contribution in [0.5, 0.6) is 0 Å². The highest BCUT2D eigenvalue weighted by Crippen LogP contribution is 2.19. The normalized spacial score (nSPS) is 10.9. The fourth-order valence-electron chi connectivity index (χ4n) is 2.12. The largest absolute Gasteiger partial charge is 0.384 e. The van der Waals surface area contributed by atoms with E-state index in [1.807, 2.05) is 13.0 Å². The zero-order valence-corrected chi connectivity index (χ0v) is 11.8. The molecule has 5 heteroatoms. The Bertz CT molecular complexity index is 346. The molecule has 0 aliphatic heterocycles. The molecule has 0 atom stereocenters. The van der Waals surface area contributed by atoms with E-state index in [1.165, 1.54) is 0 Å². The van der Waals surface area contributed by atoms with Gasteiger partial charge in [0.1, 0.15) is 17.5 Å². The Kier molecular flexibility index (Phi) is 5.85. The molecule has 18 heavy (non-hydrogen) atoms. The van der Waals surface area contributed by atoms with Crippen LogP contribution in [0, 0.1) is 6.92 Å². The molecule has 0 amide bonds. The lowest BCUT2D eigenvalue weighted by Gasteiger charge is -2.31. The number of hydrogen-bond acceptors (Lipinski definition) is 5. The van der Waals surface area contributed by atoms with Crippen LogP contribution in [0.1, 0.15) is 32.5 Å². The first-order valence-corrected chi connectivity index (χ1v) is 6.49. The predicted octanol–water partition coefficient (Wildman–Crippen LogP) is 2.01. The van der Waals surface area contributed by atoms with Gasteiger partial charge in [-0.25, -0.2) is 9.97 Å². The van der Waals surface area contributed by atoms with Gasteiger partial charge in [0.2, 0.25) is 0 Å². The Morgan fingerprint density at radius 1 is 1.33 bits per heavy atom. The van der Waals surface area contributed by atoms with Crippen LogP contribution in [0.25, 0.3) is 0 Å². The maximum Gasteiger partial charge on any atom is 0.134 e. The van der Waals surface area contributed by atoms with E-state index in [0.717, 1.165) is 25.2 Å². The van der Waals surface area contributed by atoms with Crippen molar-refractivity contribution in [1.82, 2.24) is 9.97 Å². The molecule has 1 aromatic heterocycles. The highest BCUT2D eigenvalue weighted by molar-refractivity contribution is 5.47. The first-order valence-electron chi connectivity index (χ1n) is 6.49. The maximum atomic E-state index is 5.80. The number of hydrogen-bond donors (Lipinski definition) is 1. The Morgan fingerprint density at radius 2 is 2.00 bits per heavy atom. The molecule has 5 nitrogen and oxygen atoms in total. The maximum absolute atomic E-state index is 5.80. The first-order chi connectivity index (χ1) is 8.62. The Morgan fingerprint density at radius 3 is 2.50 bits per heavy atom. The number of aryl methyl sites for hydroxylation is 1. The van der Waals surface area contributed by atoms with E-state index in [9.17, 15) is 0 Å². The first kappa shape index (κ1) is 14.7. The van der Waals surface area contributed by atoms with Crippen LogP contribution in [-0.2, 0) is 4.74 Å². The van der Waals surface area contributed by atoms with E-state index in [4.69, 9.17) is 10.5 Å². The minimum Gasteiger partial charge on any atom is -0.384 e. The fourth-order valence-corrected chi connectivity index (χ4v) is 2.12. The van der Waals surface area contributed by atoms with Crippen LogP contribution in [0.3, 0.4) is 0 Å². The molecule has 0 fully saturated rings. The minimum atomic E-state index is 0.453. The van der Waals surface area contributed by atoms with Crippen LogP contribution in [0.15, 0.2) is 6.07 Å². The van der Waals surface area contributed by atoms with Crippen LogP contribution >= 0.6 is 0 Å². The van der Waals surface area contributed by atoms with Gasteiger partial charge in [-0.05, 0) is 19.8 Å².